The highest BCUT2D eigenvalue weighted by Gasteiger charge is 2.23. The van der Waals surface area contributed by atoms with Crippen molar-refractivity contribution in [2.75, 3.05) is 19.6 Å². The number of likely N-dealkylation sites (tertiary alicyclic amines) is 1. The first-order chi connectivity index (χ1) is 10.1. The molecule has 1 unspecified atom stereocenters. The van der Waals surface area contributed by atoms with Gasteiger partial charge >= 0.3 is 0 Å². The lowest BCUT2D eigenvalue weighted by atomic mass is 9.97. The molecule has 3 nitrogen and oxygen atoms in total. The van der Waals surface area contributed by atoms with Gasteiger partial charge in [0, 0.05) is 6.54 Å². The number of hydrogen-bond donors (Lipinski definition) is 1. The summed E-state index contributed by atoms with van der Waals surface area (Å²) in [7, 11) is 0. The van der Waals surface area contributed by atoms with Crippen LogP contribution in [0.4, 0.5) is 0 Å². The summed E-state index contributed by atoms with van der Waals surface area (Å²) in [6.45, 7) is 2.93. The van der Waals surface area contributed by atoms with Crippen molar-refractivity contribution >= 4 is 29.1 Å². The van der Waals surface area contributed by atoms with E-state index in [4.69, 9.17) is 28.9 Å². The van der Waals surface area contributed by atoms with Crippen molar-refractivity contribution in [1.82, 2.24) is 4.90 Å². The van der Waals surface area contributed by atoms with Crippen LogP contribution < -0.4 is 5.73 Å². The molecule has 1 aromatic rings. The Kier molecular flexibility index (Phi) is 6.34. The third-order valence-electron chi connectivity index (χ3n) is 4.08. The topological polar surface area (TPSA) is 46.3 Å². The molecule has 116 valence electrons. The van der Waals surface area contributed by atoms with Gasteiger partial charge in [0.25, 0.3) is 0 Å². The number of nitrogens with two attached hydrogens (primary N) is 1. The number of aryl methyl sites for hydroxylation is 1. The second-order valence-corrected chi connectivity index (χ2v) is 6.56. The number of benzene rings is 1. The van der Waals surface area contributed by atoms with Crippen molar-refractivity contribution in [3.8, 4) is 0 Å². The van der Waals surface area contributed by atoms with E-state index in [2.05, 4.69) is 4.90 Å². The van der Waals surface area contributed by atoms with Gasteiger partial charge in [-0.25, -0.2) is 0 Å². The van der Waals surface area contributed by atoms with E-state index in [1.807, 2.05) is 18.2 Å². The number of carbonyl (C=O) groups excluding carboxylic acids is 1. The molecule has 1 aromatic carbocycles. The maximum Gasteiger partial charge on any atom is 0.221 e. The molecule has 1 fully saturated rings. The van der Waals surface area contributed by atoms with E-state index in [1.165, 1.54) is 5.56 Å². The molecule has 0 spiro atoms. The highest BCUT2D eigenvalue weighted by Crippen LogP contribution is 2.23. The molecule has 1 aliphatic rings. The number of nitrogens with zero attached hydrogens (tertiary/aromatic N) is 1. The number of carbonyl (C=O) groups is 1. The highest BCUT2D eigenvalue weighted by molar-refractivity contribution is 6.42. The second-order valence-electron chi connectivity index (χ2n) is 5.75. The molecule has 21 heavy (non-hydrogen) atoms. The second kappa shape index (κ2) is 8.02. The van der Waals surface area contributed by atoms with E-state index in [0.29, 0.717) is 10.0 Å². The van der Waals surface area contributed by atoms with E-state index in [1.54, 1.807) is 0 Å². The van der Waals surface area contributed by atoms with Gasteiger partial charge in [0.15, 0.2) is 0 Å². The fourth-order valence-corrected chi connectivity index (χ4v) is 3.17. The van der Waals surface area contributed by atoms with Gasteiger partial charge in [-0.1, -0.05) is 29.3 Å². The van der Waals surface area contributed by atoms with Crippen LogP contribution in [0.2, 0.25) is 10.0 Å². The van der Waals surface area contributed by atoms with E-state index >= 15 is 0 Å². The first kappa shape index (κ1) is 16.6. The van der Waals surface area contributed by atoms with Crippen LogP contribution in [0, 0.1) is 5.92 Å². The molecular formula is C16H22Cl2N2O. The van der Waals surface area contributed by atoms with Crippen LogP contribution in [0.15, 0.2) is 18.2 Å². The van der Waals surface area contributed by atoms with Crippen LogP contribution in [0.25, 0.3) is 0 Å². The van der Waals surface area contributed by atoms with Gasteiger partial charge in [0.2, 0.25) is 5.91 Å². The average Bonchev–Trinajstić information content (AvgIpc) is 2.47. The van der Waals surface area contributed by atoms with Gasteiger partial charge in [0.05, 0.1) is 16.0 Å². The Hall–Kier alpha value is -0.770. The Morgan fingerprint density at radius 3 is 2.81 bits per heavy atom. The number of halogens is 2. The fourth-order valence-electron chi connectivity index (χ4n) is 2.85. The summed E-state index contributed by atoms with van der Waals surface area (Å²) in [5.41, 5.74) is 6.62. The summed E-state index contributed by atoms with van der Waals surface area (Å²) >= 11 is 11.9. The molecular weight excluding hydrogens is 307 g/mol. The van der Waals surface area contributed by atoms with Crippen molar-refractivity contribution in [2.24, 2.45) is 11.7 Å². The number of unbranched alkanes of at least 4 members (excludes halogenated alkanes) is 1. The molecule has 1 amide bonds. The molecule has 0 saturated carbocycles. The summed E-state index contributed by atoms with van der Waals surface area (Å²) in [5.74, 6) is -0.121. The van der Waals surface area contributed by atoms with Crippen LogP contribution in [0.5, 0.6) is 0 Å². The van der Waals surface area contributed by atoms with Crippen molar-refractivity contribution in [2.45, 2.75) is 32.1 Å². The largest absolute Gasteiger partial charge is 0.369 e. The number of hydrogen-bond acceptors (Lipinski definition) is 2. The molecule has 1 saturated heterocycles. The van der Waals surface area contributed by atoms with Crippen LogP contribution >= 0.6 is 23.2 Å². The lowest BCUT2D eigenvalue weighted by Gasteiger charge is -2.31. The normalized spacial score (nSPS) is 19.6. The monoisotopic (exact) mass is 328 g/mol. The predicted molar refractivity (Wildman–Crippen MR) is 87.8 cm³/mol. The molecule has 0 aliphatic carbocycles. The number of amides is 1. The third-order valence-corrected chi connectivity index (χ3v) is 4.82. The summed E-state index contributed by atoms with van der Waals surface area (Å²) in [6.07, 6.45) is 5.24. The molecule has 0 aromatic heterocycles. The Balaban J connectivity index is 1.69. The molecule has 1 aliphatic heterocycles. The molecule has 5 heteroatoms. The van der Waals surface area contributed by atoms with Crippen molar-refractivity contribution < 1.29 is 4.79 Å². The van der Waals surface area contributed by atoms with Crippen molar-refractivity contribution in [3.05, 3.63) is 33.8 Å². The Labute approximate surface area is 136 Å². The standard InChI is InChI=1S/C16H22Cl2N2O/c17-14-7-6-12(10-15(14)18)4-1-2-8-20-9-3-5-13(11-20)16(19)21/h6-7,10,13H,1-5,8-9,11H2,(H2,19,21). The highest BCUT2D eigenvalue weighted by atomic mass is 35.5. The maximum absolute atomic E-state index is 11.2. The SMILES string of the molecule is NC(=O)C1CCCN(CCCCc2ccc(Cl)c(Cl)c2)C1. The smallest absolute Gasteiger partial charge is 0.221 e. The zero-order valence-electron chi connectivity index (χ0n) is 12.2. The number of rotatable bonds is 6. The molecule has 0 bridgehead atoms. The third kappa shape index (κ3) is 5.17. The predicted octanol–water partition coefficient (Wildman–Crippen LogP) is 3.51. The van der Waals surface area contributed by atoms with E-state index in [0.717, 1.165) is 51.7 Å². The van der Waals surface area contributed by atoms with Crippen LogP contribution in [-0.4, -0.2) is 30.4 Å². The Bertz CT molecular complexity index is 493. The molecule has 1 heterocycles. The first-order valence-electron chi connectivity index (χ1n) is 7.52. The Morgan fingerprint density at radius 2 is 2.10 bits per heavy atom. The zero-order chi connectivity index (χ0) is 15.2. The molecule has 2 N–H and O–H groups in total. The zero-order valence-corrected chi connectivity index (χ0v) is 13.7. The molecule has 2 rings (SSSR count). The van der Waals surface area contributed by atoms with Gasteiger partial charge < -0.3 is 10.6 Å². The van der Waals surface area contributed by atoms with Gasteiger partial charge in [-0.2, -0.15) is 0 Å². The van der Waals surface area contributed by atoms with Crippen LogP contribution in [0.1, 0.15) is 31.2 Å². The quantitative estimate of drug-likeness (QED) is 0.812. The van der Waals surface area contributed by atoms with Crippen molar-refractivity contribution in [1.29, 1.82) is 0 Å². The minimum Gasteiger partial charge on any atom is -0.369 e. The van der Waals surface area contributed by atoms with Gasteiger partial charge in [-0.3, -0.25) is 4.79 Å². The van der Waals surface area contributed by atoms with Crippen LogP contribution in [0.3, 0.4) is 0 Å². The summed E-state index contributed by atoms with van der Waals surface area (Å²) < 4.78 is 0. The fraction of sp³-hybridized carbons (Fsp3) is 0.562. The van der Waals surface area contributed by atoms with Gasteiger partial charge in [-0.15, -0.1) is 0 Å². The summed E-state index contributed by atoms with van der Waals surface area (Å²) in [6, 6.07) is 5.81. The van der Waals surface area contributed by atoms with Crippen molar-refractivity contribution in [3.63, 3.8) is 0 Å². The number of piperidine rings is 1. The van der Waals surface area contributed by atoms with E-state index in [-0.39, 0.29) is 11.8 Å². The molecule has 1 atom stereocenters. The molecule has 0 radical (unpaired) electrons. The number of primary amides is 1. The average molecular weight is 329 g/mol. The summed E-state index contributed by atoms with van der Waals surface area (Å²) in [5, 5.41) is 1.22. The minimum absolute atomic E-state index is 0.0359. The van der Waals surface area contributed by atoms with E-state index < -0.39 is 0 Å². The Morgan fingerprint density at radius 1 is 1.29 bits per heavy atom. The lowest BCUT2D eigenvalue weighted by molar-refractivity contribution is -0.123. The lowest BCUT2D eigenvalue weighted by Crippen LogP contribution is -2.41. The van der Waals surface area contributed by atoms with Crippen LogP contribution in [-0.2, 0) is 11.2 Å². The van der Waals surface area contributed by atoms with Gasteiger partial charge in [0.1, 0.15) is 0 Å². The maximum atomic E-state index is 11.2. The first-order valence-corrected chi connectivity index (χ1v) is 8.27. The summed E-state index contributed by atoms with van der Waals surface area (Å²) in [4.78, 5) is 13.6. The van der Waals surface area contributed by atoms with Gasteiger partial charge in [-0.05, 0) is 62.9 Å². The minimum atomic E-state index is -0.157. The van der Waals surface area contributed by atoms with E-state index in [9.17, 15) is 4.79 Å².